The van der Waals surface area contributed by atoms with Gasteiger partial charge in [-0.05, 0) is 81.0 Å². The molecule has 33 heavy (non-hydrogen) atoms. The van der Waals surface area contributed by atoms with Crippen molar-refractivity contribution in [3.63, 3.8) is 0 Å². The van der Waals surface area contributed by atoms with Gasteiger partial charge in [0.15, 0.2) is 0 Å². The molecule has 9 heteroatoms. The van der Waals surface area contributed by atoms with Crippen molar-refractivity contribution in [3.8, 4) is 5.75 Å². The number of nitrogens with zero attached hydrogens (tertiary/aromatic N) is 2. The van der Waals surface area contributed by atoms with E-state index >= 15 is 0 Å². The molecule has 0 unspecified atom stereocenters. The lowest BCUT2D eigenvalue weighted by atomic mass is 10.1. The minimum atomic E-state index is -0.768. The molecule has 0 amide bonds. The molecule has 3 rings (SSSR count). The average molecular weight is 479 g/mol. The van der Waals surface area contributed by atoms with Gasteiger partial charge in [0.1, 0.15) is 41.9 Å². The van der Waals surface area contributed by atoms with Crippen molar-refractivity contribution in [2.75, 3.05) is 38.1 Å². The molecule has 1 aromatic heterocycles. The molecule has 0 fully saturated rings. The molecular weight excluding hydrogens is 447 g/mol. The van der Waals surface area contributed by atoms with Crippen LogP contribution in [0.1, 0.15) is 36.9 Å². The lowest BCUT2D eigenvalue weighted by Gasteiger charge is -2.23. The van der Waals surface area contributed by atoms with Crippen molar-refractivity contribution < 1.29 is 18.2 Å². The number of benzene rings is 1. The first-order valence-corrected chi connectivity index (χ1v) is 11.8. The van der Waals surface area contributed by atoms with Crippen LogP contribution in [0.5, 0.6) is 5.75 Å². The first-order chi connectivity index (χ1) is 16.0. The molecule has 1 aliphatic rings. The van der Waals surface area contributed by atoms with Crippen LogP contribution >= 0.6 is 11.9 Å². The van der Waals surface area contributed by atoms with E-state index in [4.69, 9.17) is 27.3 Å². The largest absolute Gasteiger partial charge is 0.492 e. The number of pyridine rings is 1. The van der Waals surface area contributed by atoms with Crippen LogP contribution in [-0.4, -0.2) is 54.7 Å². The lowest BCUT2D eigenvalue weighted by Crippen LogP contribution is -2.37. The van der Waals surface area contributed by atoms with Gasteiger partial charge in [-0.1, -0.05) is 6.07 Å². The standard InChI is InChI=1S/C24H32ClFN4O3/c25-33-24(31)22(27)12-15-30(16-17-32-21-10-7-19(26)8-11-21)14-2-1-5-20-9-6-18-4-3-13-28-23(18)29-20/h6-11,22H,1-5,12-17,27H2,(H,28,29)/t22-/m0/s1. The van der Waals surface area contributed by atoms with Gasteiger partial charge >= 0.3 is 5.97 Å². The number of fused-ring (bicyclic) bond motifs is 1. The van der Waals surface area contributed by atoms with Crippen LogP contribution in [0.25, 0.3) is 0 Å². The van der Waals surface area contributed by atoms with E-state index in [1.54, 1.807) is 12.1 Å². The summed E-state index contributed by atoms with van der Waals surface area (Å²) in [6.45, 7) is 3.53. The quantitative estimate of drug-likeness (QED) is 0.424. The van der Waals surface area contributed by atoms with Gasteiger partial charge in [-0.25, -0.2) is 14.2 Å². The smallest absolute Gasteiger partial charge is 0.341 e. The maximum atomic E-state index is 13.1. The van der Waals surface area contributed by atoms with Crippen LogP contribution in [0.3, 0.4) is 0 Å². The van der Waals surface area contributed by atoms with Crippen molar-refractivity contribution in [1.82, 2.24) is 9.88 Å². The number of carbonyl (C=O) groups is 1. The van der Waals surface area contributed by atoms with E-state index in [-0.39, 0.29) is 5.82 Å². The van der Waals surface area contributed by atoms with E-state index in [1.165, 1.54) is 17.7 Å². The fraction of sp³-hybridized carbons (Fsp3) is 0.500. The Morgan fingerprint density at radius 1 is 1.18 bits per heavy atom. The number of aryl methyl sites for hydroxylation is 2. The molecule has 1 aliphatic heterocycles. The number of nitrogens with two attached hydrogens (primary N) is 1. The molecule has 0 saturated carbocycles. The predicted octanol–water partition coefficient (Wildman–Crippen LogP) is 3.70. The molecule has 2 aromatic rings. The van der Waals surface area contributed by atoms with Crippen molar-refractivity contribution in [2.45, 2.75) is 44.6 Å². The highest BCUT2D eigenvalue weighted by molar-refractivity contribution is 6.13. The molecule has 2 heterocycles. The summed E-state index contributed by atoms with van der Waals surface area (Å²) in [4.78, 5) is 18.5. The fourth-order valence-electron chi connectivity index (χ4n) is 3.81. The van der Waals surface area contributed by atoms with Crippen molar-refractivity contribution in [1.29, 1.82) is 0 Å². The van der Waals surface area contributed by atoms with Crippen molar-refractivity contribution >= 4 is 23.7 Å². The van der Waals surface area contributed by atoms with E-state index in [9.17, 15) is 9.18 Å². The molecule has 0 spiro atoms. The monoisotopic (exact) mass is 478 g/mol. The number of nitrogens with one attached hydrogen (secondary N) is 1. The molecule has 3 N–H and O–H groups in total. The Labute approximate surface area is 199 Å². The van der Waals surface area contributed by atoms with Gasteiger partial charge in [-0.2, -0.15) is 0 Å². The van der Waals surface area contributed by atoms with Crippen LogP contribution in [0.4, 0.5) is 10.2 Å². The molecule has 1 atom stereocenters. The third kappa shape index (κ3) is 8.46. The zero-order valence-electron chi connectivity index (χ0n) is 18.8. The Bertz CT molecular complexity index is 885. The third-order valence-corrected chi connectivity index (χ3v) is 5.89. The second-order valence-corrected chi connectivity index (χ2v) is 8.39. The van der Waals surface area contributed by atoms with Crippen LogP contribution < -0.4 is 15.8 Å². The number of hydrogen-bond acceptors (Lipinski definition) is 7. The molecule has 0 bridgehead atoms. The van der Waals surface area contributed by atoms with Crippen molar-refractivity contribution in [2.24, 2.45) is 5.73 Å². The summed E-state index contributed by atoms with van der Waals surface area (Å²) in [7, 11) is 0. The number of ether oxygens (including phenoxy) is 1. The molecule has 1 aromatic carbocycles. The Kier molecular flexibility index (Phi) is 10.2. The van der Waals surface area contributed by atoms with E-state index in [1.807, 2.05) is 0 Å². The first-order valence-electron chi connectivity index (χ1n) is 11.5. The molecular formula is C24H32ClFN4O3. The zero-order valence-corrected chi connectivity index (χ0v) is 19.5. The van der Waals surface area contributed by atoms with Gasteiger partial charge in [-0.3, -0.25) is 4.90 Å². The Morgan fingerprint density at radius 3 is 2.79 bits per heavy atom. The summed E-state index contributed by atoms with van der Waals surface area (Å²) in [6.07, 6.45) is 5.55. The van der Waals surface area contributed by atoms with Crippen LogP contribution in [0.2, 0.25) is 0 Å². The molecule has 180 valence electrons. The van der Waals surface area contributed by atoms with Gasteiger partial charge < -0.3 is 20.1 Å². The predicted molar refractivity (Wildman–Crippen MR) is 127 cm³/mol. The summed E-state index contributed by atoms with van der Waals surface area (Å²) >= 11 is 5.13. The highest BCUT2D eigenvalue weighted by atomic mass is 35.5. The number of rotatable bonds is 13. The van der Waals surface area contributed by atoms with Gasteiger partial charge in [0, 0.05) is 25.3 Å². The third-order valence-electron chi connectivity index (χ3n) is 5.73. The van der Waals surface area contributed by atoms with E-state index in [0.29, 0.717) is 31.9 Å². The molecule has 0 saturated heterocycles. The topological polar surface area (TPSA) is 89.7 Å². The summed E-state index contributed by atoms with van der Waals surface area (Å²) < 4.78 is 23.0. The van der Waals surface area contributed by atoms with Gasteiger partial charge in [-0.15, -0.1) is 0 Å². The normalized spacial score (nSPS) is 13.8. The lowest BCUT2D eigenvalue weighted by molar-refractivity contribution is -0.135. The Balaban J connectivity index is 1.45. The van der Waals surface area contributed by atoms with Gasteiger partial charge in [0.2, 0.25) is 0 Å². The summed E-state index contributed by atoms with van der Waals surface area (Å²) in [5.41, 5.74) is 8.22. The number of unbranched alkanes of at least 4 members (excludes halogenated alkanes) is 1. The van der Waals surface area contributed by atoms with Crippen LogP contribution in [0, 0.1) is 5.82 Å². The zero-order chi connectivity index (χ0) is 23.5. The van der Waals surface area contributed by atoms with E-state index in [2.05, 4.69) is 26.6 Å². The Hall–Kier alpha value is -2.42. The highest BCUT2D eigenvalue weighted by Crippen LogP contribution is 2.20. The van der Waals surface area contributed by atoms with Crippen LogP contribution in [-0.2, 0) is 21.9 Å². The number of halogens is 2. The Morgan fingerprint density at radius 2 is 2.00 bits per heavy atom. The number of anilines is 1. The second kappa shape index (κ2) is 13.3. The number of hydrogen-bond donors (Lipinski definition) is 2. The molecule has 0 aliphatic carbocycles. The highest BCUT2D eigenvalue weighted by Gasteiger charge is 2.17. The van der Waals surface area contributed by atoms with Crippen molar-refractivity contribution in [3.05, 3.63) is 53.5 Å². The molecule has 0 radical (unpaired) electrons. The average Bonchev–Trinajstić information content (AvgIpc) is 2.85. The first kappa shape index (κ1) is 25.2. The minimum Gasteiger partial charge on any atom is -0.492 e. The van der Waals surface area contributed by atoms with E-state index < -0.39 is 12.0 Å². The summed E-state index contributed by atoms with van der Waals surface area (Å²) in [5.74, 6) is 0.712. The van der Waals surface area contributed by atoms with Gasteiger partial charge in [0.25, 0.3) is 0 Å². The van der Waals surface area contributed by atoms with Gasteiger partial charge in [0.05, 0.1) is 0 Å². The van der Waals surface area contributed by atoms with E-state index in [0.717, 1.165) is 56.7 Å². The number of carbonyl (C=O) groups excluding carboxylic acids is 1. The summed E-state index contributed by atoms with van der Waals surface area (Å²) in [6, 6.07) is 9.48. The minimum absolute atomic E-state index is 0.298. The van der Waals surface area contributed by atoms with Crippen LogP contribution in [0.15, 0.2) is 36.4 Å². The second-order valence-electron chi connectivity index (χ2n) is 8.23. The maximum Gasteiger partial charge on any atom is 0.341 e. The maximum absolute atomic E-state index is 13.1. The molecule has 7 nitrogen and oxygen atoms in total. The summed E-state index contributed by atoms with van der Waals surface area (Å²) in [5, 5.41) is 3.38. The SMILES string of the molecule is N[C@@H](CCN(CCCCc1ccc2c(n1)NCCC2)CCOc1ccc(F)cc1)C(=O)OCl. The number of aromatic nitrogens is 1. The fourth-order valence-corrected chi connectivity index (χ4v) is 3.92.